The van der Waals surface area contributed by atoms with Crippen molar-refractivity contribution in [3.05, 3.63) is 60.8 Å². The molecule has 0 spiro atoms. The highest BCUT2D eigenvalue weighted by Crippen LogP contribution is 2.17. The third kappa shape index (κ3) is 61.8. The van der Waals surface area contributed by atoms with Crippen LogP contribution in [0.4, 0.5) is 0 Å². The van der Waals surface area contributed by atoms with E-state index in [-0.39, 0.29) is 31.1 Å². The van der Waals surface area contributed by atoms with E-state index >= 15 is 0 Å². The van der Waals surface area contributed by atoms with Gasteiger partial charge in [-0.25, -0.2) is 0 Å². The van der Waals surface area contributed by atoms with Crippen LogP contribution in [-0.2, 0) is 28.6 Å². The lowest BCUT2D eigenvalue weighted by Crippen LogP contribution is -2.30. The fraction of sp³-hybridized carbons (Fsp3) is 0.812. The molecule has 0 aliphatic rings. The topological polar surface area (TPSA) is 78.9 Å². The van der Waals surface area contributed by atoms with Crippen molar-refractivity contribution in [1.82, 2.24) is 0 Å². The van der Waals surface area contributed by atoms with Crippen molar-refractivity contribution in [2.24, 2.45) is 0 Å². The number of allylic oxidation sites excluding steroid dienone is 10. The van der Waals surface area contributed by atoms with Crippen LogP contribution < -0.4 is 0 Å². The van der Waals surface area contributed by atoms with E-state index in [2.05, 4.69) is 81.5 Å². The Kier molecular flexibility index (Phi) is 61.2. The van der Waals surface area contributed by atoms with Gasteiger partial charge in [-0.3, -0.25) is 14.4 Å². The molecular weight excluding hydrogens is 925 g/mol. The highest BCUT2D eigenvalue weighted by molar-refractivity contribution is 5.71. The van der Waals surface area contributed by atoms with Gasteiger partial charge in [0, 0.05) is 19.3 Å². The van der Waals surface area contributed by atoms with Crippen molar-refractivity contribution in [2.45, 2.75) is 348 Å². The zero-order valence-corrected chi connectivity index (χ0v) is 50.1. The number of unbranched alkanes of at least 4 members (excludes halogenated alkanes) is 39. The number of esters is 3. The minimum atomic E-state index is -0.779. The smallest absolute Gasteiger partial charge is 0.306 e. The van der Waals surface area contributed by atoms with Gasteiger partial charge in [-0.15, -0.1) is 0 Å². The summed E-state index contributed by atoms with van der Waals surface area (Å²) in [6.07, 6.45) is 80.8. The first kappa shape index (κ1) is 72.1. The summed E-state index contributed by atoms with van der Waals surface area (Å²) in [6.45, 7) is 6.56. The molecule has 6 nitrogen and oxygen atoms in total. The summed E-state index contributed by atoms with van der Waals surface area (Å²) in [6, 6.07) is 0. The highest BCUT2D eigenvalue weighted by Gasteiger charge is 2.19. The van der Waals surface area contributed by atoms with E-state index in [9.17, 15) is 14.4 Å². The predicted molar refractivity (Wildman–Crippen MR) is 325 cm³/mol. The summed E-state index contributed by atoms with van der Waals surface area (Å²) in [5.41, 5.74) is 0. The summed E-state index contributed by atoms with van der Waals surface area (Å²) in [7, 11) is 0. The van der Waals surface area contributed by atoms with Crippen molar-refractivity contribution in [3.8, 4) is 0 Å². The molecule has 75 heavy (non-hydrogen) atoms. The Hall–Kier alpha value is -2.89. The maximum absolute atomic E-state index is 12.9. The molecule has 6 heteroatoms. The molecule has 0 aromatic carbocycles. The first-order valence-corrected chi connectivity index (χ1v) is 32.8. The van der Waals surface area contributed by atoms with Crippen molar-refractivity contribution < 1.29 is 28.6 Å². The number of hydrogen-bond donors (Lipinski definition) is 0. The number of carbonyl (C=O) groups excluding carboxylic acids is 3. The van der Waals surface area contributed by atoms with Crippen LogP contribution in [0.15, 0.2) is 60.8 Å². The largest absolute Gasteiger partial charge is 0.462 e. The van der Waals surface area contributed by atoms with Gasteiger partial charge in [0.25, 0.3) is 0 Å². The van der Waals surface area contributed by atoms with Crippen molar-refractivity contribution in [2.75, 3.05) is 13.2 Å². The average molecular weight is 1050 g/mol. The second-order valence-electron chi connectivity index (χ2n) is 22.0. The molecule has 0 heterocycles. The van der Waals surface area contributed by atoms with Gasteiger partial charge < -0.3 is 14.2 Å². The second kappa shape index (κ2) is 63.6. The quantitative estimate of drug-likeness (QED) is 0.0261. The third-order valence-corrected chi connectivity index (χ3v) is 14.5. The summed E-state index contributed by atoms with van der Waals surface area (Å²) < 4.78 is 16.9. The van der Waals surface area contributed by atoms with Crippen LogP contribution in [-0.4, -0.2) is 37.2 Å². The van der Waals surface area contributed by atoms with Gasteiger partial charge in [0.05, 0.1) is 0 Å². The molecule has 1 atom stereocenters. The monoisotopic (exact) mass is 1050 g/mol. The molecule has 0 aromatic heterocycles. The van der Waals surface area contributed by atoms with Gasteiger partial charge >= 0.3 is 17.9 Å². The van der Waals surface area contributed by atoms with Crippen LogP contribution in [0.2, 0.25) is 0 Å². The van der Waals surface area contributed by atoms with Gasteiger partial charge in [-0.05, 0) is 83.5 Å². The zero-order valence-electron chi connectivity index (χ0n) is 50.1. The molecule has 0 aromatic rings. The van der Waals surface area contributed by atoms with Gasteiger partial charge in [-0.2, -0.15) is 0 Å². The first-order chi connectivity index (χ1) is 37.0. The third-order valence-electron chi connectivity index (χ3n) is 14.5. The van der Waals surface area contributed by atoms with Gasteiger partial charge in [0.15, 0.2) is 6.10 Å². The van der Waals surface area contributed by atoms with Crippen molar-refractivity contribution in [1.29, 1.82) is 0 Å². The summed E-state index contributed by atoms with van der Waals surface area (Å²) in [4.78, 5) is 38.3. The van der Waals surface area contributed by atoms with E-state index in [1.807, 2.05) is 0 Å². The Morgan fingerprint density at radius 3 is 0.813 bits per heavy atom. The number of hydrogen-bond acceptors (Lipinski definition) is 6. The molecule has 0 saturated heterocycles. The maximum atomic E-state index is 12.9. The van der Waals surface area contributed by atoms with Crippen LogP contribution in [0.1, 0.15) is 342 Å². The van der Waals surface area contributed by atoms with Crippen LogP contribution in [0.3, 0.4) is 0 Å². The number of carbonyl (C=O) groups is 3. The Labute approximate surface area is 466 Å². The molecule has 0 N–H and O–H groups in total. The Morgan fingerprint density at radius 2 is 0.520 bits per heavy atom. The van der Waals surface area contributed by atoms with Crippen molar-refractivity contribution in [3.63, 3.8) is 0 Å². The SMILES string of the molecule is CC/C=C\C/C=C\C/C=C\CCCCCCCCCC(=O)OC(COC(=O)CCCCCCCCCCCCCCC/C=C\C/C=C\CCCCCCC)COC(=O)CCCCCCCCCCCCCCCCC. The Bertz CT molecular complexity index is 1340. The summed E-state index contributed by atoms with van der Waals surface area (Å²) in [5, 5.41) is 0. The van der Waals surface area contributed by atoms with Crippen LogP contribution >= 0.6 is 0 Å². The lowest BCUT2D eigenvalue weighted by molar-refractivity contribution is -0.167. The minimum absolute atomic E-state index is 0.0746. The molecule has 436 valence electrons. The lowest BCUT2D eigenvalue weighted by atomic mass is 10.0. The standard InChI is InChI=1S/C69H124O6/c1-4-7-10-13-16-19-22-25-28-30-31-32-33-34-35-36-37-39-41-44-47-50-53-56-59-62-68(71)74-65-66(64-73-67(70)61-58-55-52-49-46-43-40-27-24-21-18-15-12-9-6-3)75-69(72)63-60-57-54-51-48-45-42-38-29-26-23-20-17-14-11-8-5-2/h8,11,17,20,22,25-26,29-31,66H,4-7,9-10,12-16,18-19,21,23-24,27-28,32-65H2,1-3H3/b11-8-,20-17-,25-22-,29-26-,31-30-. The van der Waals surface area contributed by atoms with Crippen molar-refractivity contribution >= 4 is 17.9 Å². The fourth-order valence-corrected chi connectivity index (χ4v) is 9.61. The predicted octanol–water partition coefficient (Wildman–Crippen LogP) is 22.3. The maximum Gasteiger partial charge on any atom is 0.306 e. The van der Waals surface area contributed by atoms with E-state index in [1.165, 1.54) is 212 Å². The van der Waals surface area contributed by atoms with E-state index in [1.54, 1.807) is 0 Å². The highest BCUT2D eigenvalue weighted by atomic mass is 16.6. The summed E-state index contributed by atoms with van der Waals surface area (Å²) >= 11 is 0. The molecule has 0 bridgehead atoms. The van der Waals surface area contributed by atoms with Crippen LogP contribution in [0, 0.1) is 0 Å². The van der Waals surface area contributed by atoms with Gasteiger partial charge in [0.2, 0.25) is 0 Å². The molecule has 0 aliphatic carbocycles. The molecule has 0 amide bonds. The zero-order chi connectivity index (χ0) is 54.3. The normalized spacial score (nSPS) is 12.4. The molecular formula is C69H124O6. The van der Waals surface area contributed by atoms with Gasteiger partial charge in [0.1, 0.15) is 13.2 Å². The minimum Gasteiger partial charge on any atom is -0.462 e. The second-order valence-corrected chi connectivity index (χ2v) is 22.0. The molecule has 0 rings (SSSR count). The Balaban J connectivity index is 4.29. The molecule has 1 unspecified atom stereocenters. The Morgan fingerprint density at radius 1 is 0.280 bits per heavy atom. The number of rotatable bonds is 60. The summed E-state index contributed by atoms with van der Waals surface area (Å²) in [5.74, 6) is -0.865. The lowest BCUT2D eigenvalue weighted by Gasteiger charge is -2.18. The van der Waals surface area contributed by atoms with E-state index in [0.717, 1.165) is 89.9 Å². The molecule has 0 aliphatic heterocycles. The average Bonchev–Trinajstić information content (AvgIpc) is 3.41. The fourth-order valence-electron chi connectivity index (χ4n) is 9.61. The number of ether oxygens (including phenoxy) is 3. The van der Waals surface area contributed by atoms with E-state index in [0.29, 0.717) is 19.3 Å². The first-order valence-electron chi connectivity index (χ1n) is 32.8. The van der Waals surface area contributed by atoms with E-state index < -0.39 is 6.10 Å². The van der Waals surface area contributed by atoms with Crippen LogP contribution in [0.5, 0.6) is 0 Å². The molecule has 0 fully saturated rings. The van der Waals surface area contributed by atoms with Gasteiger partial charge in [-0.1, -0.05) is 300 Å². The van der Waals surface area contributed by atoms with E-state index in [4.69, 9.17) is 14.2 Å². The molecule has 0 saturated carbocycles. The van der Waals surface area contributed by atoms with Crippen LogP contribution in [0.25, 0.3) is 0 Å². The molecule has 0 radical (unpaired) electrons.